The average molecular weight is 584 g/mol. The lowest BCUT2D eigenvalue weighted by Gasteiger charge is -2.28. The molecule has 7 rings (SSSR count). The van der Waals surface area contributed by atoms with Crippen LogP contribution in [0.3, 0.4) is 0 Å². The molecule has 0 bridgehead atoms. The summed E-state index contributed by atoms with van der Waals surface area (Å²) in [6.45, 7) is 0.615. The number of imidazole rings is 1. The third-order valence-electron chi connectivity index (χ3n) is 7.02. The van der Waals surface area contributed by atoms with E-state index >= 15 is 0 Å². The highest BCUT2D eigenvalue weighted by molar-refractivity contribution is 7.99. The summed E-state index contributed by atoms with van der Waals surface area (Å²) >= 11 is 1.67. The minimum Gasteiger partial charge on any atom is -0.497 e. The van der Waals surface area contributed by atoms with Crippen LogP contribution in [-0.2, 0) is 4.74 Å². The van der Waals surface area contributed by atoms with Crippen molar-refractivity contribution in [3.63, 3.8) is 0 Å². The van der Waals surface area contributed by atoms with Crippen molar-refractivity contribution in [3.8, 4) is 23.0 Å². The highest BCUT2D eigenvalue weighted by Crippen LogP contribution is 2.52. The molecule has 0 spiro atoms. The molecule has 42 heavy (non-hydrogen) atoms. The van der Waals surface area contributed by atoms with Gasteiger partial charge in [0.2, 0.25) is 5.95 Å². The molecule has 4 aromatic carbocycles. The number of ether oxygens (including phenoxy) is 5. The fourth-order valence-corrected chi connectivity index (χ4v) is 5.83. The van der Waals surface area contributed by atoms with E-state index in [9.17, 15) is 4.79 Å². The van der Waals surface area contributed by atoms with Gasteiger partial charge in [0.05, 0.1) is 44.9 Å². The van der Waals surface area contributed by atoms with Gasteiger partial charge in [0.25, 0.3) is 0 Å². The van der Waals surface area contributed by atoms with Crippen LogP contribution in [0.5, 0.6) is 23.0 Å². The number of aromatic amines is 1. The SMILES string of the molecule is COC(=O)Nc1nc2ccc(Sc3ccccc3)cc2[nH]1.COc1ccc2c(c1)OC1c3ccc(OC)cc3OCC21. The second kappa shape index (κ2) is 12.0. The Morgan fingerprint density at radius 1 is 0.881 bits per heavy atom. The van der Waals surface area contributed by atoms with Crippen LogP contribution in [0.15, 0.2) is 94.7 Å². The van der Waals surface area contributed by atoms with Crippen molar-refractivity contribution in [2.45, 2.75) is 21.8 Å². The number of H-pyrrole nitrogens is 1. The molecule has 1 aromatic heterocycles. The Morgan fingerprint density at radius 3 is 2.36 bits per heavy atom. The molecule has 3 heterocycles. The fourth-order valence-electron chi connectivity index (χ4n) is 4.95. The van der Waals surface area contributed by atoms with Gasteiger partial charge < -0.3 is 28.7 Å². The summed E-state index contributed by atoms with van der Waals surface area (Å²) in [5.41, 5.74) is 3.91. The number of aromatic nitrogens is 2. The van der Waals surface area contributed by atoms with Gasteiger partial charge in [-0.2, -0.15) is 0 Å². The van der Waals surface area contributed by atoms with Crippen LogP contribution in [-0.4, -0.2) is 44.0 Å². The largest absolute Gasteiger partial charge is 0.497 e. The standard InChI is InChI=1S/C17H16O4.C15H13N3O2S/c1-18-10-4-6-13-15(7-10)20-9-14-12-5-3-11(19-2)8-16(12)21-17(13)14;1-20-15(19)18-14-16-12-8-7-11(9-13(12)17-14)21-10-5-3-2-4-6-10/h3-8,14,17H,9H2,1-2H3;2-9H,1H3,(H2,16,17,18,19). The number of rotatable bonds is 5. The Balaban J connectivity index is 0.000000150. The van der Waals surface area contributed by atoms with Gasteiger partial charge in [-0.1, -0.05) is 36.0 Å². The molecule has 0 saturated heterocycles. The molecule has 10 heteroatoms. The van der Waals surface area contributed by atoms with E-state index < -0.39 is 6.09 Å². The number of anilines is 1. The molecular formula is C32H29N3O6S. The minimum absolute atomic E-state index is 0.00163. The quantitative estimate of drug-likeness (QED) is 0.224. The summed E-state index contributed by atoms with van der Waals surface area (Å²) in [4.78, 5) is 20.8. The van der Waals surface area contributed by atoms with Crippen LogP contribution < -0.4 is 24.3 Å². The number of carbonyl (C=O) groups excluding carboxylic acids is 1. The van der Waals surface area contributed by atoms with E-state index in [-0.39, 0.29) is 12.0 Å². The van der Waals surface area contributed by atoms with Crippen LogP contribution in [0.1, 0.15) is 23.1 Å². The molecule has 2 atom stereocenters. The summed E-state index contributed by atoms with van der Waals surface area (Å²) < 4.78 is 27.1. The lowest BCUT2D eigenvalue weighted by atomic mass is 9.89. The van der Waals surface area contributed by atoms with E-state index in [1.165, 1.54) is 17.6 Å². The maximum absolute atomic E-state index is 11.2. The van der Waals surface area contributed by atoms with Crippen molar-refractivity contribution in [1.82, 2.24) is 9.97 Å². The van der Waals surface area contributed by atoms with Crippen LogP contribution in [0, 0.1) is 0 Å². The lowest BCUT2D eigenvalue weighted by molar-refractivity contribution is 0.139. The topological polar surface area (TPSA) is 104 Å². The maximum Gasteiger partial charge on any atom is 0.413 e. The number of benzene rings is 4. The van der Waals surface area contributed by atoms with Crippen molar-refractivity contribution in [3.05, 3.63) is 96.1 Å². The summed E-state index contributed by atoms with van der Waals surface area (Å²) in [6.07, 6.45) is -0.547. The molecular weight excluding hydrogens is 554 g/mol. The summed E-state index contributed by atoms with van der Waals surface area (Å²) in [6, 6.07) is 27.9. The molecule has 2 unspecified atom stereocenters. The molecule has 214 valence electrons. The third-order valence-corrected chi connectivity index (χ3v) is 8.02. The van der Waals surface area contributed by atoms with E-state index in [0.717, 1.165) is 44.5 Å². The number of hydrogen-bond donors (Lipinski definition) is 2. The average Bonchev–Trinajstić information content (AvgIpc) is 3.61. The molecule has 0 radical (unpaired) electrons. The number of nitrogens with one attached hydrogen (secondary N) is 2. The molecule has 2 aliphatic rings. The van der Waals surface area contributed by atoms with Gasteiger partial charge in [-0.15, -0.1) is 0 Å². The van der Waals surface area contributed by atoms with E-state index in [4.69, 9.17) is 18.9 Å². The van der Waals surface area contributed by atoms with Crippen LogP contribution >= 0.6 is 11.8 Å². The fraction of sp³-hybridized carbons (Fsp3) is 0.188. The zero-order valence-electron chi connectivity index (χ0n) is 23.2. The monoisotopic (exact) mass is 583 g/mol. The minimum atomic E-state index is -0.548. The van der Waals surface area contributed by atoms with E-state index in [1.807, 2.05) is 66.7 Å². The first-order valence-electron chi connectivity index (χ1n) is 13.3. The number of nitrogens with zero attached hydrogens (tertiary/aromatic N) is 1. The first kappa shape index (κ1) is 27.3. The third kappa shape index (κ3) is 5.66. The first-order valence-corrected chi connectivity index (χ1v) is 14.1. The number of hydrogen-bond acceptors (Lipinski definition) is 8. The van der Waals surface area contributed by atoms with Gasteiger partial charge in [-0.25, -0.2) is 9.78 Å². The Morgan fingerprint density at radius 2 is 1.62 bits per heavy atom. The molecule has 0 fully saturated rings. The van der Waals surface area contributed by atoms with Crippen molar-refractivity contribution >= 4 is 34.8 Å². The molecule has 5 aromatic rings. The summed E-state index contributed by atoms with van der Waals surface area (Å²) in [7, 11) is 4.63. The number of methoxy groups -OCH3 is 3. The Kier molecular flexibility index (Phi) is 7.78. The number of carbonyl (C=O) groups is 1. The summed E-state index contributed by atoms with van der Waals surface area (Å²) in [5, 5.41) is 2.52. The molecule has 1 amide bonds. The normalized spacial score (nSPS) is 16.0. The van der Waals surface area contributed by atoms with Gasteiger partial charge in [0, 0.05) is 33.1 Å². The zero-order chi connectivity index (χ0) is 29.1. The van der Waals surface area contributed by atoms with Crippen molar-refractivity contribution < 1.29 is 28.5 Å². The highest BCUT2D eigenvalue weighted by atomic mass is 32.2. The van der Waals surface area contributed by atoms with Gasteiger partial charge in [-0.05, 0) is 48.5 Å². The van der Waals surface area contributed by atoms with Gasteiger partial charge in [0.15, 0.2) is 0 Å². The first-order chi connectivity index (χ1) is 20.5. The lowest BCUT2D eigenvalue weighted by Crippen LogP contribution is -2.23. The van der Waals surface area contributed by atoms with Gasteiger partial charge in [0.1, 0.15) is 29.1 Å². The van der Waals surface area contributed by atoms with E-state index in [2.05, 4.69) is 38.2 Å². The van der Waals surface area contributed by atoms with Gasteiger partial charge in [-0.3, -0.25) is 5.32 Å². The van der Waals surface area contributed by atoms with Gasteiger partial charge >= 0.3 is 6.09 Å². The van der Waals surface area contributed by atoms with Crippen LogP contribution in [0.2, 0.25) is 0 Å². The van der Waals surface area contributed by atoms with E-state index in [1.54, 1.807) is 26.0 Å². The van der Waals surface area contributed by atoms with Crippen molar-refractivity contribution in [1.29, 1.82) is 0 Å². The van der Waals surface area contributed by atoms with Crippen LogP contribution in [0.25, 0.3) is 11.0 Å². The second-order valence-electron chi connectivity index (χ2n) is 9.56. The number of amides is 1. The van der Waals surface area contributed by atoms with Crippen molar-refractivity contribution in [2.75, 3.05) is 33.3 Å². The second-order valence-corrected chi connectivity index (χ2v) is 10.7. The Bertz CT molecular complexity index is 1720. The molecule has 2 N–H and O–H groups in total. The smallest absolute Gasteiger partial charge is 0.413 e. The number of fused-ring (bicyclic) bond motifs is 6. The predicted molar refractivity (Wildman–Crippen MR) is 160 cm³/mol. The highest BCUT2D eigenvalue weighted by Gasteiger charge is 2.40. The van der Waals surface area contributed by atoms with E-state index in [0.29, 0.717) is 12.6 Å². The Hall–Kier alpha value is -4.83. The zero-order valence-corrected chi connectivity index (χ0v) is 24.1. The predicted octanol–water partition coefficient (Wildman–Crippen LogP) is 7.21. The maximum atomic E-state index is 11.2. The summed E-state index contributed by atoms with van der Waals surface area (Å²) in [5.74, 6) is 3.94. The molecule has 9 nitrogen and oxygen atoms in total. The Labute approximate surface area is 247 Å². The van der Waals surface area contributed by atoms with Crippen LogP contribution in [0.4, 0.5) is 10.7 Å². The molecule has 0 aliphatic carbocycles. The molecule has 2 aliphatic heterocycles. The van der Waals surface area contributed by atoms with Crippen molar-refractivity contribution in [2.24, 2.45) is 0 Å². The molecule has 0 saturated carbocycles.